The van der Waals surface area contributed by atoms with Crippen LogP contribution in [0.15, 0.2) is 70.7 Å². The summed E-state index contributed by atoms with van der Waals surface area (Å²) in [5, 5.41) is 4.74. The predicted molar refractivity (Wildman–Crippen MR) is 100.0 cm³/mol. The lowest BCUT2D eigenvalue weighted by Gasteiger charge is -2.02. The SMILES string of the molecule is C=CCOc1ccc(/C=N\NC(=O)c2cc3cccc(OC)c3o2)cc1. The van der Waals surface area contributed by atoms with Crippen molar-refractivity contribution in [1.82, 2.24) is 5.43 Å². The number of nitrogens with zero attached hydrogens (tertiary/aromatic N) is 1. The van der Waals surface area contributed by atoms with E-state index in [0.29, 0.717) is 17.9 Å². The first-order valence-corrected chi connectivity index (χ1v) is 7.95. The maximum atomic E-state index is 12.2. The Kier molecular flexibility index (Phi) is 5.34. The molecule has 0 saturated carbocycles. The monoisotopic (exact) mass is 350 g/mol. The van der Waals surface area contributed by atoms with Gasteiger partial charge in [-0.25, -0.2) is 5.43 Å². The number of furan rings is 1. The highest BCUT2D eigenvalue weighted by Crippen LogP contribution is 2.28. The van der Waals surface area contributed by atoms with E-state index in [1.807, 2.05) is 36.4 Å². The minimum atomic E-state index is -0.439. The van der Waals surface area contributed by atoms with Gasteiger partial charge in [0.25, 0.3) is 0 Å². The Bertz CT molecular complexity index is 942. The Morgan fingerprint density at radius 2 is 2.08 bits per heavy atom. The van der Waals surface area contributed by atoms with Crippen LogP contribution in [0.1, 0.15) is 16.1 Å². The number of ether oxygens (including phenoxy) is 2. The first-order chi connectivity index (χ1) is 12.7. The largest absolute Gasteiger partial charge is 0.493 e. The summed E-state index contributed by atoms with van der Waals surface area (Å²) in [6, 6.07) is 14.4. The van der Waals surface area contributed by atoms with E-state index in [4.69, 9.17) is 13.9 Å². The summed E-state index contributed by atoms with van der Waals surface area (Å²) in [4.78, 5) is 12.2. The second-order valence-corrected chi connectivity index (χ2v) is 5.36. The van der Waals surface area contributed by atoms with Crippen molar-refractivity contribution in [2.45, 2.75) is 0 Å². The lowest BCUT2D eigenvalue weighted by Crippen LogP contribution is -2.16. The zero-order valence-corrected chi connectivity index (χ0v) is 14.3. The maximum absolute atomic E-state index is 12.2. The Labute approximate surface area is 150 Å². The standard InChI is InChI=1S/C20H18N2O4/c1-3-11-25-16-9-7-14(8-10-16)13-21-22-20(23)18-12-15-5-4-6-17(24-2)19(15)26-18/h3-10,12-13H,1,11H2,2H3,(H,22,23)/b21-13-. The van der Waals surface area contributed by atoms with Crippen LogP contribution in [0.4, 0.5) is 0 Å². The second kappa shape index (κ2) is 8.02. The van der Waals surface area contributed by atoms with Gasteiger partial charge in [-0.3, -0.25) is 4.79 Å². The number of carbonyl (C=O) groups is 1. The van der Waals surface area contributed by atoms with Gasteiger partial charge in [-0.15, -0.1) is 0 Å². The summed E-state index contributed by atoms with van der Waals surface area (Å²) >= 11 is 0. The molecular weight excluding hydrogens is 332 g/mol. The highest BCUT2D eigenvalue weighted by molar-refractivity contribution is 5.97. The van der Waals surface area contributed by atoms with Gasteiger partial charge in [0.05, 0.1) is 13.3 Å². The smallest absolute Gasteiger partial charge is 0.307 e. The van der Waals surface area contributed by atoms with E-state index in [9.17, 15) is 4.79 Å². The molecule has 2 aromatic carbocycles. The van der Waals surface area contributed by atoms with Gasteiger partial charge < -0.3 is 13.9 Å². The molecule has 1 amide bonds. The fraction of sp³-hybridized carbons (Fsp3) is 0.100. The van der Waals surface area contributed by atoms with Gasteiger partial charge >= 0.3 is 5.91 Å². The van der Waals surface area contributed by atoms with Gasteiger partial charge in [-0.2, -0.15) is 5.10 Å². The van der Waals surface area contributed by atoms with E-state index >= 15 is 0 Å². The summed E-state index contributed by atoms with van der Waals surface area (Å²) in [5.41, 5.74) is 3.80. The molecule has 1 heterocycles. The van der Waals surface area contributed by atoms with Crippen LogP contribution in [0.5, 0.6) is 11.5 Å². The number of carbonyl (C=O) groups excluding carboxylic acids is 1. The lowest BCUT2D eigenvalue weighted by atomic mass is 10.2. The third-order valence-corrected chi connectivity index (χ3v) is 3.58. The highest BCUT2D eigenvalue weighted by atomic mass is 16.5. The average molecular weight is 350 g/mol. The maximum Gasteiger partial charge on any atom is 0.307 e. The molecule has 0 radical (unpaired) electrons. The summed E-state index contributed by atoms with van der Waals surface area (Å²) < 4.78 is 16.2. The summed E-state index contributed by atoms with van der Waals surface area (Å²) in [5.74, 6) is 1.03. The number of hydrogen-bond donors (Lipinski definition) is 1. The molecule has 6 heteroatoms. The average Bonchev–Trinajstić information content (AvgIpc) is 3.11. The molecule has 0 spiro atoms. The zero-order valence-electron chi connectivity index (χ0n) is 14.3. The molecule has 132 valence electrons. The van der Waals surface area contributed by atoms with Crippen LogP contribution in [0.2, 0.25) is 0 Å². The van der Waals surface area contributed by atoms with Crippen LogP contribution < -0.4 is 14.9 Å². The Hall–Kier alpha value is -3.54. The Balaban J connectivity index is 1.65. The number of hydrogen-bond acceptors (Lipinski definition) is 5. The van der Waals surface area contributed by atoms with Crippen LogP contribution in [0.3, 0.4) is 0 Å². The molecule has 0 aliphatic rings. The third kappa shape index (κ3) is 3.92. The molecule has 1 aromatic heterocycles. The molecule has 1 N–H and O–H groups in total. The Morgan fingerprint density at radius 1 is 1.27 bits per heavy atom. The van der Waals surface area contributed by atoms with Gasteiger partial charge in [0.1, 0.15) is 12.4 Å². The molecule has 0 saturated heterocycles. The highest BCUT2D eigenvalue weighted by Gasteiger charge is 2.14. The van der Waals surface area contributed by atoms with Crippen molar-refractivity contribution in [1.29, 1.82) is 0 Å². The van der Waals surface area contributed by atoms with E-state index in [1.165, 1.54) is 0 Å². The topological polar surface area (TPSA) is 73.1 Å². The lowest BCUT2D eigenvalue weighted by molar-refractivity contribution is 0.0929. The molecule has 3 aromatic rings. The van der Waals surface area contributed by atoms with Gasteiger partial charge in [-0.05, 0) is 42.0 Å². The van der Waals surface area contributed by atoms with Crippen molar-refractivity contribution in [3.8, 4) is 11.5 Å². The van der Waals surface area contributed by atoms with Crippen LogP contribution in [-0.4, -0.2) is 25.8 Å². The quantitative estimate of drug-likeness (QED) is 0.400. The Morgan fingerprint density at radius 3 is 2.81 bits per heavy atom. The second-order valence-electron chi connectivity index (χ2n) is 5.36. The number of para-hydroxylation sites is 1. The number of fused-ring (bicyclic) bond motifs is 1. The van der Waals surface area contributed by atoms with Crippen LogP contribution >= 0.6 is 0 Å². The third-order valence-electron chi connectivity index (χ3n) is 3.58. The molecule has 0 atom stereocenters. The number of benzene rings is 2. The van der Waals surface area contributed by atoms with Gasteiger partial charge in [-0.1, -0.05) is 24.8 Å². The number of hydrazone groups is 1. The summed E-state index contributed by atoms with van der Waals surface area (Å²) in [7, 11) is 1.55. The van der Waals surface area contributed by atoms with Gasteiger partial charge in [0, 0.05) is 5.39 Å². The van der Waals surface area contributed by atoms with Crippen molar-refractivity contribution < 1.29 is 18.7 Å². The molecule has 0 aliphatic heterocycles. The summed E-state index contributed by atoms with van der Waals surface area (Å²) in [6.45, 7) is 4.05. The number of rotatable bonds is 7. The number of methoxy groups -OCH3 is 1. The fourth-order valence-electron chi connectivity index (χ4n) is 2.33. The molecular formula is C20H18N2O4. The van der Waals surface area contributed by atoms with Crippen LogP contribution in [0.25, 0.3) is 11.0 Å². The minimum Gasteiger partial charge on any atom is -0.493 e. The first kappa shape index (κ1) is 17.3. The fourth-order valence-corrected chi connectivity index (χ4v) is 2.33. The molecule has 0 aliphatic carbocycles. The van der Waals surface area contributed by atoms with Crippen LogP contribution in [-0.2, 0) is 0 Å². The van der Waals surface area contributed by atoms with E-state index in [1.54, 1.807) is 31.5 Å². The van der Waals surface area contributed by atoms with Crippen molar-refractivity contribution in [3.05, 3.63) is 72.5 Å². The number of amides is 1. The predicted octanol–water partition coefficient (Wildman–Crippen LogP) is 3.77. The molecule has 26 heavy (non-hydrogen) atoms. The summed E-state index contributed by atoms with van der Waals surface area (Å²) in [6.07, 6.45) is 3.22. The molecule has 0 unspecified atom stereocenters. The molecule has 6 nitrogen and oxygen atoms in total. The molecule has 3 rings (SSSR count). The van der Waals surface area contributed by atoms with Crippen molar-refractivity contribution in [2.24, 2.45) is 5.10 Å². The van der Waals surface area contributed by atoms with Crippen molar-refractivity contribution in [2.75, 3.05) is 13.7 Å². The normalized spacial score (nSPS) is 10.8. The molecule has 0 bridgehead atoms. The van der Waals surface area contributed by atoms with Gasteiger partial charge in [0.15, 0.2) is 17.1 Å². The van der Waals surface area contributed by atoms with E-state index < -0.39 is 5.91 Å². The van der Waals surface area contributed by atoms with E-state index in [0.717, 1.165) is 16.7 Å². The number of nitrogens with one attached hydrogen (secondary N) is 1. The van der Waals surface area contributed by atoms with Gasteiger partial charge in [0.2, 0.25) is 0 Å². The van der Waals surface area contributed by atoms with E-state index in [2.05, 4.69) is 17.1 Å². The van der Waals surface area contributed by atoms with Crippen molar-refractivity contribution >= 4 is 23.1 Å². The first-order valence-electron chi connectivity index (χ1n) is 7.95. The van der Waals surface area contributed by atoms with E-state index in [-0.39, 0.29) is 5.76 Å². The minimum absolute atomic E-state index is 0.162. The molecule has 0 fully saturated rings. The zero-order chi connectivity index (χ0) is 18.4. The van der Waals surface area contributed by atoms with Crippen LogP contribution in [0, 0.1) is 0 Å². The van der Waals surface area contributed by atoms with Crippen molar-refractivity contribution in [3.63, 3.8) is 0 Å².